The van der Waals surface area contributed by atoms with Gasteiger partial charge in [0, 0.05) is 10.9 Å². The van der Waals surface area contributed by atoms with Crippen molar-refractivity contribution in [1.29, 1.82) is 0 Å². The van der Waals surface area contributed by atoms with Crippen LogP contribution in [-0.2, 0) is 14.8 Å². The maximum atomic E-state index is 12.0. The largest absolute Gasteiger partial charge is 0.325 e. The fraction of sp³-hybridized carbons (Fsp3) is 0.500. The summed E-state index contributed by atoms with van der Waals surface area (Å²) in [4.78, 5) is 12.0. The average Bonchev–Trinajstić information content (AvgIpc) is 2.29. The van der Waals surface area contributed by atoms with Crippen LogP contribution in [0.5, 0.6) is 0 Å². The minimum atomic E-state index is -3.75. The maximum Gasteiger partial charge on any atom is 0.238 e. The van der Waals surface area contributed by atoms with Gasteiger partial charge in [-0.05, 0) is 45.5 Å². The zero-order chi connectivity index (χ0) is 16.4. The molecule has 118 valence electrons. The third kappa shape index (κ3) is 5.41. The Kier molecular flexibility index (Phi) is 5.57. The molecule has 3 N–H and O–H groups in total. The monoisotopic (exact) mass is 376 g/mol. The lowest BCUT2D eigenvalue weighted by atomic mass is 9.80. The van der Waals surface area contributed by atoms with E-state index < -0.39 is 10.0 Å². The van der Waals surface area contributed by atoms with Crippen molar-refractivity contribution in [2.24, 2.45) is 16.5 Å². The molecule has 0 aliphatic rings. The predicted molar refractivity (Wildman–Crippen MR) is 87.4 cm³/mol. The van der Waals surface area contributed by atoms with Crippen molar-refractivity contribution >= 4 is 37.5 Å². The van der Waals surface area contributed by atoms with Crippen molar-refractivity contribution in [3.63, 3.8) is 0 Å². The summed E-state index contributed by atoms with van der Waals surface area (Å²) in [5.74, 6) is 0.112. The van der Waals surface area contributed by atoms with E-state index in [-0.39, 0.29) is 22.1 Å². The molecule has 0 saturated carbocycles. The molecule has 1 atom stereocenters. The summed E-state index contributed by atoms with van der Waals surface area (Å²) in [6.07, 6.45) is 0.396. The second kappa shape index (κ2) is 6.46. The second-order valence-electron chi connectivity index (χ2n) is 6.21. The van der Waals surface area contributed by atoms with E-state index in [1.165, 1.54) is 18.2 Å². The zero-order valence-corrected chi connectivity index (χ0v) is 15.0. The zero-order valence-electron chi connectivity index (χ0n) is 12.6. The van der Waals surface area contributed by atoms with Gasteiger partial charge in [0.05, 0.1) is 10.6 Å². The van der Waals surface area contributed by atoms with Crippen LogP contribution in [0.15, 0.2) is 27.6 Å². The molecule has 0 bridgehead atoms. The third-order valence-electron chi connectivity index (χ3n) is 3.51. The van der Waals surface area contributed by atoms with Crippen LogP contribution in [0.3, 0.4) is 0 Å². The van der Waals surface area contributed by atoms with Crippen molar-refractivity contribution < 1.29 is 13.2 Å². The average molecular weight is 377 g/mol. The Labute approximate surface area is 134 Å². The van der Waals surface area contributed by atoms with E-state index in [9.17, 15) is 13.2 Å². The Bertz CT molecular complexity index is 636. The van der Waals surface area contributed by atoms with Crippen LogP contribution in [0.25, 0.3) is 0 Å². The summed E-state index contributed by atoms with van der Waals surface area (Å²) in [5.41, 5.74) is 0.569. The standard InChI is InChI=1S/C14H21BrN2O3S/c1-9(14(2,3)4)7-13(18)17-12-6-5-10(8-11(12)15)21(16,19)20/h5-6,8-9H,7H2,1-4H3,(H,17,18)(H2,16,19,20). The Morgan fingerprint density at radius 3 is 2.38 bits per heavy atom. The van der Waals surface area contributed by atoms with Gasteiger partial charge in [0.1, 0.15) is 0 Å². The van der Waals surface area contributed by atoms with Crippen molar-refractivity contribution in [2.45, 2.75) is 39.0 Å². The molecule has 7 heteroatoms. The highest BCUT2D eigenvalue weighted by Gasteiger charge is 2.23. The quantitative estimate of drug-likeness (QED) is 0.845. The summed E-state index contributed by atoms with van der Waals surface area (Å²) in [5, 5.41) is 7.83. The van der Waals surface area contributed by atoms with E-state index in [0.29, 0.717) is 16.6 Å². The molecule has 0 radical (unpaired) electrons. The van der Waals surface area contributed by atoms with E-state index >= 15 is 0 Å². The second-order valence-corrected chi connectivity index (χ2v) is 8.62. The minimum Gasteiger partial charge on any atom is -0.325 e. The smallest absolute Gasteiger partial charge is 0.238 e. The fourth-order valence-electron chi connectivity index (χ4n) is 1.56. The lowest BCUT2D eigenvalue weighted by molar-refractivity contribution is -0.117. The van der Waals surface area contributed by atoms with Crippen LogP contribution < -0.4 is 10.5 Å². The van der Waals surface area contributed by atoms with Gasteiger partial charge >= 0.3 is 0 Å². The molecule has 0 spiro atoms. The highest BCUT2D eigenvalue weighted by atomic mass is 79.9. The highest BCUT2D eigenvalue weighted by molar-refractivity contribution is 9.10. The van der Waals surface area contributed by atoms with Crippen molar-refractivity contribution in [3.05, 3.63) is 22.7 Å². The number of anilines is 1. The van der Waals surface area contributed by atoms with E-state index in [4.69, 9.17) is 5.14 Å². The minimum absolute atomic E-state index is 0.00423. The molecule has 1 aromatic carbocycles. The van der Waals surface area contributed by atoms with Crippen LogP contribution in [0, 0.1) is 11.3 Å². The number of sulfonamides is 1. The summed E-state index contributed by atoms with van der Waals surface area (Å²) >= 11 is 3.24. The molecule has 5 nitrogen and oxygen atoms in total. The van der Waals surface area contributed by atoms with Crippen LogP contribution in [0.4, 0.5) is 5.69 Å². The number of hydrogen-bond acceptors (Lipinski definition) is 3. The molecule has 0 heterocycles. The fourth-order valence-corrected chi connectivity index (χ4v) is 2.73. The first-order valence-corrected chi connectivity index (χ1v) is 8.87. The van der Waals surface area contributed by atoms with Gasteiger partial charge < -0.3 is 5.32 Å². The van der Waals surface area contributed by atoms with Gasteiger partial charge in [-0.15, -0.1) is 0 Å². The molecule has 1 unspecified atom stereocenters. The van der Waals surface area contributed by atoms with Gasteiger partial charge in [-0.2, -0.15) is 0 Å². The van der Waals surface area contributed by atoms with Gasteiger partial charge in [-0.25, -0.2) is 13.6 Å². The first-order chi connectivity index (χ1) is 9.41. The Balaban J connectivity index is 2.83. The number of primary sulfonamides is 1. The maximum absolute atomic E-state index is 12.0. The van der Waals surface area contributed by atoms with E-state index in [2.05, 4.69) is 42.0 Å². The number of halogens is 1. The van der Waals surface area contributed by atoms with Gasteiger partial charge in [0.15, 0.2) is 0 Å². The van der Waals surface area contributed by atoms with E-state index in [1.54, 1.807) is 0 Å². The molecule has 1 amide bonds. The Morgan fingerprint density at radius 2 is 1.95 bits per heavy atom. The Morgan fingerprint density at radius 1 is 1.38 bits per heavy atom. The normalized spacial score (nSPS) is 13.8. The summed E-state index contributed by atoms with van der Waals surface area (Å²) in [6, 6.07) is 4.25. The number of nitrogens with one attached hydrogen (secondary N) is 1. The third-order valence-corrected chi connectivity index (χ3v) is 5.08. The molecule has 21 heavy (non-hydrogen) atoms. The molecule has 0 aliphatic heterocycles. The van der Waals surface area contributed by atoms with Gasteiger partial charge in [0.2, 0.25) is 15.9 Å². The number of nitrogens with two attached hydrogens (primary N) is 1. The molecule has 0 saturated heterocycles. The summed E-state index contributed by atoms with van der Waals surface area (Å²) in [7, 11) is -3.75. The number of rotatable bonds is 4. The number of carbonyl (C=O) groups is 1. The molecule has 1 rings (SSSR count). The van der Waals surface area contributed by atoms with Crippen LogP contribution in [-0.4, -0.2) is 14.3 Å². The number of benzene rings is 1. The number of hydrogen-bond donors (Lipinski definition) is 2. The highest BCUT2D eigenvalue weighted by Crippen LogP contribution is 2.29. The van der Waals surface area contributed by atoms with Gasteiger partial charge in [-0.3, -0.25) is 4.79 Å². The van der Waals surface area contributed by atoms with Crippen molar-refractivity contribution in [3.8, 4) is 0 Å². The van der Waals surface area contributed by atoms with Crippen molar-refractivity contribution in [2.75, 3.05) is 5.32 Å². The van der Waals surface area contributed by atoms with Gasteiger partial charge in [0.25, 0.3) is 0 Å². The predicted octanol–water partition coefficient (Wildman–Crippen LogP) is 3.11. The lowest BCUT2D eigenvalue weighted by Gasteiger charge is -2.26. The topological polar surface area (TPSA) is 89.3 Å². The lowest BCUT2D eigenvalue weighted by Crippen LogP contribution is -2.24. The molecule has 0 aliphatic carbocycles. The Hall–Kier alpha value is -0.920. The first kappa shape index (κ1) is 18.1. The van der Waals surface area contributed by atoms with Crippen LogP contribution >= 0.6 is 15.9 Å². The molecule has 1 aromatic rings. The van der Waals surface area contributed by atoms with Crippen LogP contribution in [0.2, 0.25) is 0 Å². The molecule has 0 aromatic heterocycles. The summed E-state index contributed by atoms with van der Waals surface area (Å²) < 4.78 is 23.0. The molecular formula is C14H21BrN2O3S. The summed E-state index contributed by atoms with van der Waals surface area (Å²) in [6.45, 7) is 8.28. The van der Waals surface area contributed by atoms with Crippen molar-refractivity contribution in [1.82, 2.24) is 0 Å². The number of amides is 1. The molecular weight excluding hydrogens is 356 g/mol. The van der Waals surface area contributed by atoms with Crippen LogP contribution in [0.1, 0.15) is 34.1 Å². The van der Waals surface area contributed by atoms with E-state index in [1.807, 2.05) is 6.92 Å². The first-order valence-electron chi connectivity index (χ1n) is 6.53. The van der Waals surface area contributed by atoms with Gasteiger partial charge in [-0.1, -0.05) is 27.7 Å². The number of carbonyl (C=O) groups excluding carboxylic acids is 1. The van der Waals surface area contributed by atoms with E-state index in [0.717, 1.165) is 0 Å². The molecule has 0 fully saturated rings. The SMILES string of the molecule is CC(CC(=O)Nc1ccc(S(N)(=O)=O)cc1Br)C(C)(C)C.